The first-order valence-electron chi connectivity index (χ1n) is 17.9. The summed E-state index contributed by atoms with van der Waals surface area (Å²) in [6.07, 6.45) is 20.4. The first-order valence-corrected chi connectivity index (χ1v) is 17.9. The summed E-state index contributed by atoms with van der Waals surface area (Å²) < 4.78 is 13.8. The standard InChI is InChI=1S/C38H53N7O3/c1-27-35(11-8-19-39-27)47-24-23-45(21-6-5-10-29-13-12-28-9-7-20-40-32(28)16-18-38(29,2)3)22-17-34-37(46)48-30-14-15-33(43-34)31-26-42-44(4)36(31)41-25-30/h8,11-13,19,25-26,29,34,40,43H,5-7,9-10,14-18,20-24H2,1-4H3/b13-12-,30-25-,33-31+,41-36+/t29?,34-/m0/s1. The third-order valence-corrected chi connectivity index (χ3v) is 10.5. The number of nitrogens with zero attached hydrogens (tertiary/aromatic N) is 5. The highest BCUT2D eigenvalue weighted by Gasteiger charge is 2.30. The number of hydrogen-bond donors (Lipinski definition) is 2. The van der Waals surface area contributed by atoms with Crippen molar-refractivity contribution >= 4 is 11.7 Å². The highest BCUT2D eigenvalue weighted by atomic mass is 16.5. The molecule has 0 aromatic carbocycles. The van der Waals surface area contributed by atoms with Crippen molar-refractivity contribution in [1.82, 2.24) is 30.3 Å². The predicted octanol–water partition coefficient (Wildman–Crippen LogP) is 4.57. The monoisotopic (exact) mass is 655 g/mol. The number of fused-ring (bicyclic) bond motifs is 4. The second-order valence-electron chi connectivity index (χ2n) is 14.4. The molecule has 1 fully saturated rings. The fourth-order valence-corrected chi connectivity index (χ4v) is 7.35. The van der Waals surface area contributed by atoms with Crippen LogP contribution in [0.25, 0.3) is 5.70 Å². The SMILES string of the molecule is Cc1ncccc1OCCN(CCCCC1/C=C\C2=C(CCC1(C)C)NCCC2)CC[C@@H]1N\C2=c3/cnn(C)/c3=N/C=C(/CC2)OC1=O. The molecule has 10 nitrogen and oxygen atoms in total. The third-order valence-electron chi connectivity index (χ3n) is 10.5. The molecule has 5 heterocycles. The van der Waals surface area contributed by atoms with E-state index in [0.29, 0.717) is 31.1 Å². The second kappa shape index (κ2) is 15.5. The normalized spacial score (nSPS) is 25.6. The molecule has 2 aromatic heterocycles. The van der Waals surface area contributed by atoms with Crippen LogP contribution in [0.3, 0.4) is 0 Å². The molecule has 2 N–H and O–H groups in total. The van der Waals surface area contributed by atoms with Gasteiger partial charge in [-0.15, -0.1) is 0 Å². The number of hydrogen-bond acceptors (Lipinski definition) is 9. The molecule has 1 saturated heterocycles. The summed E-state index contributed by atoms with van der Waals surface area (Å²) >= 11 is 0. The molecule has 2 atom stereocenters. The fraction of sp³-hybridized carbons (Fsp3) is 0.579. The molecule has 6 rings (SSSR count). The third kappa shape index (κ3) is 8.38. The molecule has 258 valence electrons. The van der Waals surface area contributed by atoms with Gasteiger partial charge in [-0.3, -0.25) is 14.6 Å². The molecule has 0 saturated carbocycles. The van der Waals surface area contributed by atoms with E-state index in [2.05, 4.69) is 56.6 Å². The van der Waals surface area contributed by atoms with E-state index in [9.17, 15) is 4.79 Å². The van der Waals surface area contributed by atoms with Gasteiger partial charge in [-0.2, -0.15) is 5.10 Å². The summed E-state index contributed by atoms with van der Waals surface area (Å²) in [5.74, 6) is 1.73. The van der Waals surface area contributed by atoms with Gasteiger partial charge in [-0.1, -0.05) is 32.4 Å². The Morgan fingerprint density at radius 1 is 1.10 bits per heavy atom. The van der Waals surface area contributed by atoms with Crippen LogP contribution < -0.4 is 26.1 Å². The molecular formula is C38H53N7O3. The lowest BCUT2D eigenvalue weighted by Crippen LogP contribution is -2.45. The van der Waals surface area contributed by atoms with Crippen molar-refractivity contribution in [2.45, 2.75) is 91.0 Å². The van der Waals surface area contributed by atoms with E-state index in [1.807, 2.05) is 32.3 Å². The van der Waals surface area contributed by atoms with Crippen molar-refractivity contribution in [2.24, 2.45) is 23.4 Å². The second-order valence-corrected chi connectivity index (χ2v) is 14.4. The number of unbranched alkanes of at least 4 members (excludes halogenated alkanes) is 1. The van der Waals surface area contributed by atoms with Crippen LogP contribution in [0.5, 0.6) is 5.75 Å². The summed E-state index contributed by atoms with van der Waals surface area (Å²) in [6, 6.07) is 3.42. The fourth-order valence-electron chi connectivity index (χ4n) is 7.35. The van der Waals surface area contributed by atoms with Gasteiger partial charge in [0, 0.05) is 50.7 Å². The van der Waals surface area contributed by atoms with Crippen LogP contribution in [-0.4, -0.2) is 64.5 Å². The summed E-state index contributed by atoms with van der Waals surface area (Å²) in [4.78, 5) is 24.7. The lowest BCUT2D eigenvalue weighted by atomic mass is 9.71. The van der Waals surface area contributed by atoms with Gasteiger partial charge >= 0.3 is 5.97 Å². The van der Waals surface area contributed by atoms with Gasteiger partial charge in [0.05, 0.1) is 23.3 Å². The molecule has 3 aliphatic heterocycles. The highest BCUT2D eigenvalue weighted by Crippen LogP contribution is 2.40. The summed E-state index contributed by atoms with van der Waals surface area (Å²) in [7, 11) is 1.88. The molecule has 4 aliphatic rings. The lowest BCUT2D eigenvalue weighted by Gasteiger charge is -2.36. The van der Waals surface area contributed by atoms with Crippen LogP contribution in [0.15, 0.2) is 64.9 Å². The number of carbonyl (C=O) groups is 1. The first kappa shape index (κ1) is 34.0. The van der Waals surface area contributed by atoms with Crippen molar-refractivity contribution in [1.29, 1.82) is 0 Å². The Morgan fingerprint density at radius 2 is 2.00 bits per heavy atom. The number of allylic oxidation sites excluding steroid dienone is 5. The lowest BCUT2D eigenvalue weighted by molar-refractivity contribution is -0.142. The average Bonchev–Trinajstić information content (AvgIpc) is 3.42. The highest BCUT2D eigenvalue weighted by molar-refractivity contribution is 5.78. The zero-order valence-corrected chi connectivity index (χ0v) is 29.3. The average molecular weight is 656 g/mol. The van der Waals surface area contributed by atoms with Crippen LogP contribution in [0, 0.1) is 18.3 Å². The minimum atomic E-state index is -0.465. The largest absolute Gasteiger partial charge is 0.490 e. The maximum Gasteiger partial charge on any atom is 0.333 e. The van der Waals surface area contributed by atoms with Gasteiger partial charge < -0.3 is 20.1 Å². The number of esters is 1. The summed E-state index contributed by atoms with van der Waals surface area (Å²) in [6.45, 7) is 11.0. The van der Waals surface area contributed by atoms with E-state index in [1.165, 1.54) is 37.0 Å². The van der Waals surface area contributed by atoms with Crippen LogP contribution >= 0.6 is 0 Å². The van der Waals surface area contributed by atoms with E-state index in [0.717, 1.165) is 79.7 Å². The first-order chi connectivity index (χ1) is 23.3. The number of nitrogens with one attached hydrogen (secondary N) is 2. The number of aromatic nitrogens is 3. The molecular weight excluding hydrogens is 602 g/mol. The summed E-state index contributed by atoms with van der Waals surface area (Å²) in [5, 5.41) is 12.6. The van der Waals surface area contributed by atoms with Gasteiger partial charge in [0.2, 0.25) is 0 Å². The van der Waals surface area contributed by atoms with Crippen molar-refractivity contribution < 1.29 is 14.3 Å². The molecule has 1 aliphatic carbocycles. The van der Waals surface area contributed by atoms with Crippen LogP contribution in [-0.2, 0) is 16.6 Å². The number of carbonyl (C=O) groups excluding carboxylic acids is 1. The maximum atomic E-state index is 13.4. The molecule has 0 radical (unpaired) electrons. The van der Waals surface area contributed by atoms with E-state index in [4.69, 9.17) is 9.47 Å². The van der Waals surface area contributed by atoms with Crippen molar-refractivity contribution in [3.63, 3.8) is 0 Å². The zero-order valence-electron chi connectivity index (χ0n) is 29.3. The molecule has 0 spiro atoms. The number of ether oxygens (including phenoxy) is 2. The molecule has 48 heavy (non-hydrogen) atoms. The van der Waals surface area contributed by atoms with E-state index in [1.54, 1.807) is 17.1 Å². The van der Waals surface area contributed by atoms with E-state index in [-0.39, 0.29) is 11.4 Å². The Kier molecular flexibility index (Phi) is 11.0. The molecule has 0 amide bonds. The Bertz CT molecular complexity index is 1670. The quantitative estimate of drug-likeness (QED) is 0.253. The van der Waals surface area contributed by atoms with Gasteiger partial charge in [-0.05, 0) is 93.9 Å². The Labute approximate surface area is 285 Å². The Hall–Kier alpha value is -3.92. The maximum absolute atomic E-state index is 13.4. The zero-order chi connectivity index (χ0) is 33.5. The van der Waals surface area contributed by atoms with E-state index < -0.39 is 6.04 Å². The minimum Gasteiger partial charge on any atom is -0.490 e. The van der Waals surface area contributed by atoms with Crippen molar-refractivity contribution in [3.8, 4) is 5.75 Å². The minimum absolute atomic E-state index is 0.257. The number of pyridine rings is 1. The molecule has 2 aromatic rings. The van der Waals surface area contributed by atoms with Gasteiger partial charge in [-0.25, -0.2) is 9.79 Å². The molecule has 10 heteroatoms. The smallest absolute Gasteiger partial charge is 0.333 e. The summed E-state index contributed by atoms with van der Waals surface area (Å²) in [5.41, 5.74) is 5.90. The van der Waals surface area contributed by atoms with Crippen molar-refractivity contribution in [2.75, 3.05) is 32.8 Å². The Morgan fingerprint density at radius 3 is 2.88 bits per heavy atom. The van der Waals surface area contributed by atoms with Gasteiger partial charge in [0.25, 0.3) is 0 Å². The number of rotatable bonds is 12. The van der Waals surface area contributed by atoms with Crippen LogP contribution in [0.1, 0.15) is 83.7 Å². The Balaban J connectivity index is 1.10. The molecule has 1 unspecified atom stereocenters. The van der Waals surface area contributed by atoms with Gasteiger partial charge in [0.15, 0.2) is 5.49 Å². The van der Waals surface area contributed by atoms with Crippen molar-refractivity contribution in [3.05, 3.63) is 76.3 Å². The van der Waals surface area contributed by atoms with Crippen LogP contribution in [0.4, 0.5) is 0 Å². The molecule has 2 bridgehead atoms. The van der Waals surface area contributed by atoms with Crippen LogP contribution in [0.2, 0.25) is 0 Å². The predicted molar refractivity (Wildman–Crippen MR) is 187 cm³/mol. The topological polar surface area (TPSA) is 106 Å². The number of aryl methyl sites for hydroxylation is 2. The van der Waals surface area contributed by atoms with Gasteiger partial charge in [0.1, 0.15) is 24.2 Å². The van der Waals surface area contributed by atoms with E-state index >= 15 is 0 Å².